The van der Waals surface area contributed by atoms with Gasteiger partial charge in [-0.25, -0.2) is 8.42 Å². The van der Waals surface area contributed by atoms with Gasteiger partial charge in [-0.15, -0.1) is 0 Å². The molecule has 1 aliphatic rings. The molecule has 1 N–H and O–H groups in total. The van der Waals surface area contributed by atoms with Crippen LogP contribution in [0.15, 0.2) is 22.7 Å². The van der Waals surface area contributed by atoms with E-state index >= 15 is 0 Å². The molecule has 21 heavy (non-hydrogen) atoms. The summed E-state index contributed by atoms with van der Waals surface area (Å²) < 4.78 is 25.6. The van der Waals surface area contributed by atoms with Crippen LogP contribution in [0.3, 0.4) is 0 Å². The Balaban J connectivity index is 2.18. The molecule has 1 aromatic rings. The van der Waals surface area contributed by atoms with Gasteiger partial charge in [-0.2, -0.15) is 4.31 Å². The Morgan fingerprint density at radius 3 is 2.76 bits per heavy atom. The van der Waals surface area contributed by atoms with Crippen LogP contribution < -0.4 is 5.32 Å². The van der Waals surface area contributed by atoms with Crippen molar-refractivity contribution in [2.75, 3.05) is 18.1 Å². The fraction of sp³-hybridized carbons (Fsp3) is 0.462. The zero-order valence-corrected chi connectivity index (χ0v) is 14.6. The number of carbonyl (C=O) groups is 1. The Morgan fingerprint density at radius 1 is 1.43 bits per heavy atom. The first-order chi connectivity index (χ1) is 9.79. The second-order valence-electron chi connectivity index (χ2n) is 5.00. The Kier molecular flexibility index (Phi) is 5.29. The SMILES string of the molecule is CS(=O)(=O)N1CCCCC1C(=O)Nc1ccc(Br)cc1Cl. The number of hydrogen-bond donors (Lipinski definition) is 1. The maximum atomic E-state index is 12.4. The third kappa shape index (κ3) is 4.18. The molecule has 0 bridgehead atoms. The maximum Gasteiger partial charge on any atom is 0.242 e. The quantitative estimate of drug-likeness (QED) is 0.856. The highest BCUT2D eigenvalue weighted by Crippen LogP contribution is 2.27. The summed E-state index contributed by atoms with van der Waals surface area (Å²) in [5, 5.41) is 3.11. The van der Waals surface area contributed by atoms with Crippen molar-refractivity contribution in [3.8, 4) is 0 Å². The van der Waals surface area contributed by atoms with Crippen molar-refractivity contribution < 1.29 is 13.2 Å². The van der Waals surface area contributed by atoms with Crippen molar-refractivity contribution in [2.45, 2.75) is 25.3 Å². The van der Waals surface area contributed by atoms with Gasteiger partial charge in [0.15, 0.2) is 0 Å². The van der Waals surface area contributed by atoms with Crippen LogP contribution in [0, 0.1) is 0 Å². The lowest BCUT2D eigenvalue weighted by Gasteiger charge is -2.32. The monoisotopic (exact) mass is 394 g/mol. The van der Waals surface area contributed by atoms with Gasteiger partial charge in [0.2, 0.25) is 15.9 Å². The van der Waals surface area contributed by atoms with Crippen LogP contribution >= 0.6 is 27.5 Å². The molecular weight excluding hydrogens is 380 g/mol. The van der Waals surface area contributed by atoms with E-state index in [2.05, 4.69) is 21.2 Å². The molecular formula is C13H16BrClN2O3S. The lowest BCUT2D eigenvalue weighted by molar-refractivity contribution is -0.120. The van der Waals surface area contributed by atoms with Gasteiger partial charge in [-0.05, 0) is 31.0 Å². The molecule has 8 heteroatoms. The van der Waals surface area contributed by atoms with Crippen LogP contribution in [-0.2, 0) is 14.8 Å². The molecule has 1 saturated heterocycles. The number of amides is 1. The lowest BCUT2D eigenvalue weighted by atomic mass is 10.0. The molecule has 1 fully saturated rings. The highest BCUT2D eigenvalue weighted by Gasteiger charge is 2.34. The van der Waals surface area contributed by atoms with Crippen molar-refractivity contribution >= 4 is 49.1 Å². The van der Waals surface area contributed by atoms with Gasteiger partial charge in [0.1, 0.15) is 6.04 Å². The fourth-order valence-corrected chi connectivity index (χ4v) is 4.22. The molecule has 0 saturated carbocycles. The van der Waals surface area contributed by atoms with Gasteiger partial charge in [-0.3, -0.25) is 4.79 Å². The Hall–Kier alpha value is -0.630. The highest BCUT2D eigenvalue weighted by atomic mass is 79.9. The number of rotatable bonds is 3. The van der Waals surface area contributed by atoms with E-state index in [1.165, 1.54) is 4.31 Å². The molecule has 1 atom stereocenters. The number of piperidine rings is 1. The molecule has 116 valence electrons. The fourth-order valence-electron chi connectivity index (χ4n) is 2.37. The van der Waals surface area contributed by atoms with E-state index in [1.807, 2.05) is 0 Å². The van der Waals surface area contributed by atoms with Crippen molar-refractivity contribution in [2.24, 2.45) is 0 Å². The molecule has 0 spiro atoms. The molecule has 1 aliphatic heterocycles. The van der Waals surface area contributed by atoms with Gasteiger partial charge in [-0.1, -0.05) is 34.0 Å². The van der Waals surface area contributed by atoms with E-state index in [0.29, 0.717) is 23.7 Å². The highest BCUT2D eigenvalue weighted by molar-refractivity contribution is 9.10. The zero-order chi connectivity index (χ0) is 15.6. The van der Waals surface area contributed by atoms with Gasteiger partial charge < -0.3 is 5.32 Å². The second-order valence-corrected chi connectivity index (χ2v) is 8.26. The van der Waals surface area contributed by atoms with Crippen LogP contribution in [0.4, 0.5) is 5.69 Å². The Bertz CT molecular complexity index is 651. The minimum atomic E-state index is -3.40. The number of nitrogens with zero attached hydrogens (tertiary/aromatic N) is 1. The molecule has 1 aromatic carbocycles. The zero-order valence-electron chi connectivity index (χ0n) is 11.5. The summed E-state index contributed by atoms with van der Waals surface area (Å²) >= 11 is 9.35. The molecule has 0 aliphatic carbocycles. The minimum Gasteiger partial charge on any atom is -0.323 e. The summed E-state index contributed by atoms with van der Waals surface area (Å²) in [5.74, 6) is -0.343. The summed E-state index contributed by atoms with van der Waals surface area (Å²) in [4.78, 5) is 12.4. The van der Waals surface area contributed by atoms with E-state index in [9.17, 15) is 13.2 Å². The Morgan fingerprint density at radius 2 is 2.14 bits per heavy atom. The molecule has 1 heterocycles. The summed E-state index contributed by atoms with van der Waals surface area (Å²) in [5.41, 5.74) is 0.476. The predicted octanol–water partition coefficient (Wildman–Crippen LogP) is 2.86. The summed E-state index contributed by atoms with van der Waals surface area (Å²) in [7, 11) is -3.40. The van der Waals surface area contributed by atoms with Crippen LogP contribution in [0.2, 0.25) is 5.02 Å². The van der Waals surface area contributed by atoms with Gasteiger partial charge >= 0.3 is 0 Å². The van der Waals surface area contributed by atoms with Crippen molar-refractivity contribution in [1.29, 1.82) is 0 Å². The van der Waals surface area contributed by atoms with Crippen LogP contribution in [0.25, 0.3) is 0 Å². The number of anilines is 1. The molecule has 5 nitrogen and oxygen atoms in total. The van der Waals surface area contributed by atoms with Crippen LogP contribution in [0.5, 0.6) is 0 Å². The topological polar surface area (TPSA) is 66.5 Å². The summed E-state index contributed by atoms with van der Waals surface area (Å²) in [6, 6.07) is 4.44. The number of nitrogens with one attached hydrogen (secondary N) is 1. The van der Waals surface area contributed by atoms with Gasteiger partial charge in [0.25, 0.3) is 0 Å². The summed E-state index contributed by atoms with van der Waals surface area (Å²) in [6.45, 7) is 0.380. The number of benzene rings is 1. The molecule has 2 rings (SSSR count). The average molecular weight is 396 g/mol. The van der Waals surface area contributed by atoms with Crippen molar-refractivity contribution in [3.63, 3.8) is 0 Å². The van der Waals surface area contributed by atoms with Gasteiger partial charge in [0.05, 0.1) is 17.0 Å². The standard InChI is InChI=1S/C13H16BrClN2O3S/c1-21(19,20)17-7-3-2-4-12(17)13(18)16-11-6-5-9(14)8-10(11)15/h5-6,8,12H,2-4,7H2,1H3,(H,16,18). The lowest BCUT2D eigenvalue weighted by Crippen LogP contribution is -2.49. The first kappa shape index (κ1) is 16.7. The summed E-state index contributed by atoms with van der Waals surface area (Å²) in [6.07, 6.45) is 3.26. The Labute approximate surface area is 137 Å². The number of carbonyl (C=O) groups excluding carboxylic acids is 1. The van der Waals surface area contributed by atoms with E-state index in [4.69, 9.17) is 11.6 Å². The van der Waals surface area contributed by atoms with E-state index in [1.54, 1.807) is 18.2 Å². The number of halogens is 2. The second kappa shape index (κ2) is 6.64. The largest absolute Gasteiger partial charge is 0.323 e. The molecule has 1 amide bonds. The van der Waals surface area contributed by atoms with Crippen LogP contribution in [0.1, 0.15) is 19.3 Å². The molecule has 0 aromatic heterocycles. The van der Waals surface area contributed by atoms with E-state index in [-0.39, 0.29) is 5.91 Å². The molecule has 1 unspecified atom stereocenters. The van der Waals surface area contributed by atoms with Crippen molar-refractivity contribution in [1.82, 2.24) is 4.31 Å². The third-order valence-corrected chi connectivity index (χ3v) is 5.47. The minimum absolute atomic E-state index is 0.343. The average Bonchev–Trinajstić information content (AvgIpc) is 2.41. The van der Waals surface area contributed by atoms with E-state index < -0.39 is 16.1 Å². The predicted molar refractivity (Wildman–Crippen MR) is 87.0 cm³/mol. The number of sulfonamides is 1. The first-order valence-electron chi connectivity index (χ1n) is 6.52. The number of hydrogen-bond acceptors (Lipinski definition) is 3. The maximum absolute atomic E-state index is 12.4. The van der Waals surface area contributed by atoms with E-state index in [0.717, 1.165) is 23.6 Å². The molecule has 0 radical (unpaired) electrons. The normalized spacial score (nSPS) is 20.2. The smallest absolute Gasteiger partial charge is 0.242 e. The first-order valence-corrected chi connectivity index (χ1v) is 9.53. The van der Waals surface area contributed by atoms with Crippen LogP contribution in [-0.4, -0.2) is 37.5 Å². The van der Waals surface area contributed by atoms with Crippen molar-refractivity contribution in [3.05, 3.63) is 27.7 Å². The van der Waals surface area contributed by atoms with Gasteiger partial charge in [0, 0.05) is 11.0 Å². The third-order valence-electron chi connectivity index (χ3n) is 3.37.